The van der Waals surface area contributed by atoms with Crippen LogP contribution in [-0.2, 0) is 0 Å². The molecule has 1 aliphatic rings. The summed E-state index contributed by atoms with van der Waals surface area (Å²) < 4.78 is 0. The Bertz CT molecular complexity index is 136. The Labute approximate surface area is 62.8 Å². The number of rotatable bonds is 1. The second kappa shape index (κ2) is 3.20. The van der Waals surface area contributed by atoms with Crippen molar-refractivity contribution < 1.29 is 5.11 Å². The maximum absolute atomic E-state index is 9.37. The van der Waals surface area contributed by atoms with E-state index in [2.05, 4.69) is 19.9 Å². The van der Waals surface area contributed by atoms with Gasteiger partial charge in [-0.1, -0.05) is 19.9 Å². The highest BCUT2D eigenvalue weighted by atomic mass is 16.3. The minimum atomic E-state index is -0.123. The third-order valence-electron chi connectivity index (χ3n) is 1.92. The Morgan fingerprint density at radius 2 is 2.30 bits per heavy atom. The summed E-state index contributed by atoms with van der Waals surface area (Å²) in [6.45, 7) is 4.30. The third kappa shape index (κ3) is 1.84. The highest BCUT2D eigenvalue weighted by molar-refractivity contribution is 5.12. The topological polar surface area (TPSA) is 20.2 Å². The summed E-state index contributed by atoms with van der Waals surface area (Å²) in [7, 11) is 0. The zero-order valence-corrected chi connectivity index (χ0v) is 6.80. The Hall–Kier alpha value is -0.300. The first kappa shape index (κ1) is 7.80. The van der Waals surface area contributed by atoms with E-state index in [0.717, 1.165) is 12.8 Å². The molecule has 1 nitrogen and oxygen atoms in total. The molecule has 0 bridgehead atoms. The van der Waals surface area contributed by atoms with E-state index in [4.69, 9.17) is 0 Å². The van der Waals surface area contributed by atoms with Crippen molar-refractivity contribution in [1.29, 1.82) is 0 Å². The quantitative estimate of drug-likeness (QED) is 0.553. The third-order valence-corrected chi connectivity index (χ3v) is 1.92. The molecular formula is C9H16O. The molecule has 0 aromatic carbocycles. The molecule has 0 heterocycles. The monoisotopic (exact) mass is 140 g/mol. The van der Waals surface area contributed by atoms with Crippen molar-refractivity contribution in [2.75, 3.05) is 0 Å². The maximum atomic E-state index is 9.37. The van der Waals surface area contributed by atoms with Crippen molar-refractivity contribution in [2.45, 2.75) is 39.2 Å². The van der Waals surface area contributed by atoms with Gasteiger partial charge in [0, 0.05) is 0 Å². The fraction of sp³-hybridized carbons (Fsp3) is 0.778. The van der Waals surface area contributed by atoms with Gasteiger partial charge in [0.05, 0.1) is 6.10 Å². The SMILES string of the molecule is CC(C)/C=C1\CCC[C@H]1O. The van der Waals surface area contributed by atoms with Crippen molar-refractivity contribution in [3.8, 4) is 0 Å². The minimum absolute atomic E-state index is 0.123. The standard InChI is InChI=1S/C9H16O/c1-7(2)6-8-4-3-5-9(8)10/h6-7,9-10H,3-5H2,1-2H3/b8-6+/t9-/m1/s1. The maximum Gasteiger partial charge on any atom is 0.0750 e. The predicted octanol–water partition coefficient (Wildman–Crippen LogP) is 2.11. The predicted molar refractivity (Wildman–Crippen MR) is 42.8 cm³/mol. The van der Waals surface area contributed by atoms with Crippen LogP contribution in [0.1, 0.15) is 33.1 Å². The summed E-state index contributed by atoms with van der Waals surface area (Å²) in [5.74, 6) is 0.586. The van der Waals surface area contributed by atoms with E-state index in [0.29, 0.717) is 5.92 Å². The first-order valence-corrected chi connectivity index (χ1v) is 4.09. The molecule has 1 saturated carbocycles. The van der Waals surface area contributed by atoms with Gasteiger partial charge < -0.3 is 5.11 Å². The number of aliphatic hydroxyl groups excluding tert-OH is 1. The van der Waals surface area contributed by atoms with Gasteiger partial charge in [-0.25, -0.2) is 0 Å². The summed E-state index contributed by atoms with van der Waals surface area (Å²) in [4.78, 5) is 0. The van der Waals surface area contributed by atoms with Crippen LogP contribution in [-0.4, -0.2) is 11.2 Å². The number of aliphatic hydroxyl groups is 1. The van der Waals surface area contributed by atoms with Gasteiger partial charge in [-0.15, -0.1) is 0 Å². The first-order valence-electron chi connectivity index (χ1n) is 4.09. The van der Waals surface area contributed by atoms with E-state index in [9.17, 15) is 5.11 Å². The highest BCUT2D eigenvalue weighted by Crippen LogP contribution is 2.25. The van der Waals surface area contributed by atoms with Gasteiger partial charge in [0.1, 0.15) is 0 Å². The molecule has 0 spiro atoms. The average molecular weight is 140 g/mol. The Morgan fingerprint density at radius 1 is 1.60 bits per heavy atom. The van der Waals surface area contributed by atoms with E-state index < -0.39 is 0 Å². The van der Waals surface area contributed by atoms with Crippen LogP contribution in [0.15, 0.2) is 11.6 Å². The molecule has 1 N–H and O–H groups in total. The van der Waals surface area contributed by atoms with E-state index in [1.165, 1.54) is 12.0 Å². The smallest absolute Gasteiger partial charge is 0.0750 e. The molecule has 0 saturated heterocycles. The van der Waals surface area contributed by atoms with Gasteiger partial charge in [0.2, 0.25) is 0 Å². The van der Waals surface area contributed by atoms with Gasteiger partial charge in [-0.3, -0.25) is 0 Å². The van der Waals surface area contributed by atoms with Gasteiger partial charge in [0.25, 0.3) is 0 Å². The van der Waals surface area contributed by atoms with Crippen molar-refractivity contribution in [2.24, 2.45) is 5.92 Å². The molecule has 1 fully saturated rings. The van der Waals surface area contributed by atoms with Gasteiger partial charge >= 0.3 is 0 Å². The lowest BCUT2D eigenvalue weighted by molar-refractivity contribution is 0.217. The lowest BCUT2D eigenvalue weighted by Crippen LogP contribution is -2.02. The van der Waals surface area contributed by atoms with Crippen LogP contribution >= 0.6 is 0 Å². The van der Waals surface area contributed by atoms with E-state index >= 15 is 0 Å². The van der Waals surface area contributed by atoms with Crippen molar-refractivity contribution in [1.82, 2.24) is 0 Å². The van der Waals surface area contributed by atoms with Crippen LogP contribution in [0.3, 0.4) is 0 Å². The van der Waals surface area contributed by atoms with Crippen LogP contribution in [0.5, 0.6) is 0 Å². The van der Waals surface area contributed by atoms with Gasteiger partial charge in [0.15, 0.2) is 0 Å². The van der Waals surface area contributed by atoms with Crippen molar-refractivity contribution in [3.63, 3.8) is 0 Å². The molecule has 0 radical (unpaired) electrons. The van der Waals surface area contributed by atoms with Crippen LogP contribution in [0, 0.1) is 5.92 Å². The van der Waals surface area contributed by atoms with Crippen molar-refractivity contribution >= 4 is 0 Å². The molecule has 58 valence electrons. The zero-order chi connectivity index (χ0) is 7.56. The molecule has 10 heavy (non-hydrogen) atoms. The van der Waals surface area contributed by atoms with E-state index in [1.54, 1.807) is 0 Å². The fourth-order valence-corrected chi connectivity index (χ4v) is 1.47. The summed E-state index contributed by atoms with van der Waals surface area (Å²) >= 11 is 0. The Morgan fingerprint density at radius 3 is 2.70 bits per heavy atom. The van der Waals surface area contributed by atoms with Gasteiger partial charge in [-0.2, -0.15) is 0 Å². The van der Waals surface area contributed by atoms with Crippen LogP contribution in [0.25, 0.3) is 0 Å². The van der Waals surface area contributed by atoms with Crippen LogP contribution in [0.2, 0.25) is 0 Å². The highest BCUT2D eigenvalue weighted by Gasteiger charge is 2.17. The summed E-state index contributed by atoms with van der Waals surface area (Å²) in [5, 5.41) is 9.37. The zero-order valence-electron chi connectivity index (χ0n) is 6.80. The van der Waals surface area contributed by atoms with Crippen LogP contribution in [0.4, 0.5) is 0 Å². The molecule has 0 amide bonds. The van der Waals surface area contributed by atoms with Crippen molar-refractivity contribution in [3.05, 3.63) is 11.6 Å². The molecule has 1 atom stereocenters. The first-order chi connectivity index (χ1) is 4.70. The molecule has 0 aromatic heterocycles. The normalized spacial score (nSPS) is 30.4. The molecule has 0 unspecified atom stereocenters. The number of hydrogen-bond donors (Lipinski definition) is 1. The average Bonchev–Trinajstić information content (AvgIpc) is 2.15. The molecule has 1 heteroatoms. The lowest BCUT2D eigenvalue weighted by atomic mass is 10.1. The molecule has 0 aromatic rings. The summed E-state index contributed by atoms with van der Waals surface area (Å²) in [6.07, 6.45) is 5.32. The largest absolute Gasteiger partial charge is 0.389 e. The Kier molecular flexibility index (Phi) is 2.50. The van der Waals surface area contributed by atoms with E-state index in [1.807, 2.05) is 0 Å². The molecular weight excluding hydrogens is 124 g/mol. The Balaban J connectivity index is 2.54. The summed E-state index contributed by atoms with van der Waals surface area (Å²) in [5.41, 5.74) is 1.26. The van der Waals surface area contributed by atoms with Gasteiger partial charge in [-0.05, 0) is 30.8 Å². The molecule has 1 aliphatic carbocycles. The minimum Gasteiger partial charge on any atom is -0.389 e. The summed E-state index contributed by atoms with van der Waals surface area (Å²) in [6, 6.07) is 0. The fourth-order valence-electron chi connectivity index (χ4n) is 1.47. The second-order valence-electron chi connectivity index (χ2n) is 3.39. The number of hydrogen-bond acceptors (Lipinski definition) is 1. The second-order valence-corrected chi connectivity index (χ2v) is 3.39. The van der Waals surface area contributed by atoms with Crippen LogP contribution < -0.4 is 0 Å². The number of allylic oxidation sites excluding steroid dienone is 1. The van der Waals surface area contributed by atoms with E-state index in [-0.39, 0.29) is 6.10 Å². The molecule has 0 aliphatic heterocycles. The lowest BCUT2D eigenvalue weighted by Gasteiger charge is -2.04. The molecule has 1 rings (SSSR count).